The topological polar surface area (TPSA) is 136 Å². The van der Waals surface area contributed by atoms with E-state index in [-0.39, 0.29) is 25.3 Å². The molecule has 0 aliphatic carbocycles. The van der Waals surface area contributed by atoms with Gasteiger partial charge in [0.1, 0.15) is 24.7 Å². The Morgan fingerprint density at radius 3 is 2.81 bits per heavy atom. The molecular formula is C16H21N3O7. The van der Waals surface area contributed by atoms with E-state index in [0.29, 0.717) is 0 Å². The van der Waals surface area contributed by atoms with Gasteiger partial charge in [-0.2, -0.15) is 4.99 Å². The zero-order valence-electron chi connectivity index (χ0n) is 14.5. The fourth-order valence-corrected chi connectivity index (χ4v) is 3.13. The van der Waals surface area contributed by atoms with Crippen LogP contribution in [0, 0.1) is 5.41 Å². The molecule has 2 heterocycles. The third kappa shape index (κ3) is 4.14. The predicted molar refractivity (Wildman–Crippen MR) is 89.0 cm³/mol. The Morgan fingerprint density at radius 2 is 2.23 bits per heavy atom. The van der Waals surface area contributed by atoms with Crippen LogP contribution in [-0.4, -0.2) is 60.1 Å². The van der Waals surface area contributed by atoms with Crippen LogP contribution in [0.5, 0.6) is 0 Å². The number of rotatable bonds is 6. The van der Waals surface area contributed by atoms with E-state index >= 15 is 0 Å². The largest absolute Gasteiger partial charge is 0.463 e. The van der Waals surface area contributed by atoms with Crippen LogP contribution in [0.3, 0.4) is 0 Å². The molecular weight excluding hydrogens is 346 g/mol. The number of amides is 2. The van der Waals surface area contributed by atoms with E-state index in [1.807, 2.05) is 5.48 Å². The minimum absolute atomic E-state index is 0.0249. The van der Waals surface area contributed by atoms with E-state index < -0.39 is 41.7 Å². The minimum atomic E-state index is -1.20. The Kier molecular flexibility index (Phi) is 6.22. The highest BCUT2D eigenvalue weighted by molar-refractivity contribution is 6.12. The number of nitrogens with zero attached hydrogens (tertiary/aromatic N) is 2. The molecule has 0 aromatic carbocycles. The number of nitrogens with one attached hydrogen (secondary N) is 1. The number of hydroxylamine groups is 1. The molecule has 1 unspecified atom stereocenters. The van der Waals surface area contributed by atoms with Gasteiger partial charge in [0.2, 0.25) is 0 Å². The molecule has 10 nitrogen and oxygen atoms in total. The third-order valence-electron chi connectivity index (χ3n) is 4.11. The predicted octanol–water partition coefficient (Wildman–Crippen LogP) is 0.783. The first-order valence-electron chi connectivity index (χ1n) is 7.97. The number of esters is 2. The van der Waals surface area contributed by atoms with Gasteiger partial charge in [-0.15, -0.1) is 6.58 Å². The first-order valence-corrected chi connectivity index (χ1v) is 7.97. The number of hydrogen-bond acceptors (Lipinski definition) is 8. The number of ether oxygens (including phenoxy) is 3. The van der Waals surface area contributed by atoms with Crippen molar-refractivity contribution in [1.29, 1.82) is 0 Å². The molecule has 26 heavy (non-hydrogen) atoms. The van der Waals surface area contributed by atoms with Gasteiger partial charge in [0.25, 0.3) is 0 Å². The second-order valence-electron chi connectivity index (χ2n) is 6.01. The second kappa shape index (κ2) is 8.19. The van der Waals surface area contributed by atoms with E-state index in [0.717, 1.165) is 0 Å². The molecule has 0 aromatic heterocycles. The van der Waals surface area contributed by atoms with Crippen LogP contribution in [0.15, 0.2) is 22.6 Å². The molecule has 1 saturated heterocycles. The van der Waals surface area contributed by atoms with Crippen molar-refractivity contribution in [3.05, 3.63) is 12.7 Å². The van der Waals surface area contributed by atoms with Crippen LogP contribution in [0.1, 0.15) is 26.7 Å². The van der Waals surface area contributed by atoms with Crippen LogP contribution < -0.4 is 5.48 Å². The maximum absolute atomic E-state index is 11.5. The van der Waals surface area contributed by atoms with Crippen molar-refractivity contribution in [3.8, 4) is 0 Å². The fraction of sp³-hybridized carbons (Fsp3) is 0.562. The first-order chi connectivity index (χ1) is 12.3. The van der Waals surface area contributed by atoms with Crippen LogP contribution in [-0.2, 0) is 23.8 Å². The summed E-state index contributed by atoms with van der Waals surface area (Å²) in [6.07, 6.45) is 1.20. The number of amidine groups is 1. The van der Waals surface area contributed by atoms with Gasteiger partial charge in [0.15, 0.2) is 0 Å². The maximum Gasteiger partial charge on any atom is 0.368 e. The molecule has 2 aliphatic rings. The van der Waals surface area contributed by atoms with Gasteiger partial charge in [0.05, 0.1) is 11.5 Å². The van der Waals surface area contributed by atoms with E-state index in [2.05, 4.69) is 16.6 Å². The lowest BCUT2D eigenvalue weighted by Crippen LogP contribution is -2.54. The van der Waals surface area contributed by atoms with Gasteiger partial charge in [0, 0.05) is 26.5 Å². The lowest BCUT2D eigenvalue weighted by molar-refractivity contribution is -0.151. The van der Waals surface area contributed by atoms with Crippen molar-refractivity contribution >= 4 is 30.0 Å². The average Bonchev–Trinajstić information content (AvgIpc) is 2.97. The van der Waals surface area contributed by atoms with Crippen molar-refractivity contribution in [2.45, 2.75) is 45.0 Å². The average molecular weight is 367 g/mol. The standard InChI is InChI=1S/C16H21N3O7/c1-4-5-16(8-17-15(22)18-14(16)19-23)13-12(25-10(3)21)6-11(26-13)7-24-9(2)20/h4,8,11-13,23H,1,5-7H2,2-3H3,(H,18,19,22)/t11-,12+,13+,16?/m0/s1. The summed E-state index contributed by atoms with van der Waals surface area (Å²) >= 11 is 0. The minimum Gasteiger partial charge on any atom is -0.463 e. The summed E-state index contributed by atoms with van der Waals surface area (Å²) < 4.78 is 16.3. The molecule has 10 heteroatoms. The monoisotopic (exact) mass is 367 g/mol. The summed E-state index contributed by atoms with van der Waals surface area (Å²) in [4.78, 5) is 41.4. The summed E-state index contributed by atoms with van der Waals surface area (Å²) in [6.45, 7) is 6.19. The van der Waals surface area contributed by atoms with Gasteiger partial charge < -0.3 is 14.2 Å². The molecule has 2 N–H and O–H groups in total. The molecule has 2 rings (SSSR count). The molecule has 2 aliphatic heterocycles. The molecule has 2 amide bonds. The fourth-order valence-electron chi connectivity index (χ4n) is 3.13. The number of urea groups is 1. The van der Waals surface area contributed by atoms with E-state index in [9.17, 15) is 19.6 Å². The highest BCUT2D eigenvalue weighted by atomic mass is 16.6. The van der Waals surface area contributed by atoms with Gasteiger partial charge in [-0.1, -0.05) is 6.08 Å². The molecule has 142 valence electrons. The van der Waals surface area contributed by atoms with Crippen LogP contribution in [0.2, 0.25) is 0 Å². The Balaban J connectivity index is 2.36. The lowest BCUT2D eigenvalue weighted by atomic mass is 9.76. The van der Waals surface area contributed by atoms with Crippen molar-refractivity contribution in [1.82, 2.24) is 5.48 Å². The van der Waals surface area contributed by atoms with Crippen LogP contribution in [0.25, 0.3) is 0 Å². The quantitative estimate of drug-likeness (QED) is 0.399. The van der Waals surface area contributed by atoms with E-state index in [4.69, 9.17) is 14.2 Å². The smallest absolute Gasteiger partial charge is 0.368 e. The van der Waals surface area contributed by atoms with Crippen molar-refractivity contribution < 1.29 is 33.8 Å². The Morgan fingerprint density at radius 1 is 1.50 bits per heavy atom. The van der Waals surface area contributed by atoms with Crippen molar-refractivity contribution in [3.63, 3.8) is 0 Å². The van der Waals surface area contributed by atoms with Crippen molar-refractivity contribution in [2.75, 3.05) is 6.61 Å². The normalized spacial score (nSPS) is 30.5. The molecule has 1 fully saturated rings. The van der Waals surface area contributed by atoms with Crippen LogP contribution >= 0.6 is 0 Å². The zero-order valence-corrected chi connectivity index (χ0v) is 14.5. The van der Waals surface area contributed by atoms with E-state index in [1.165, 1.54) is 20.1 Å². The summed E-state index contributed by atoms with van der Waals surface area (Å²) in [5.41, 5.74) is 0.711. The highest BCUT2D eigenvalue weighted by Crippen LogP contribution is 2.40. The summed E-state index contributed by atoms with van der Waals surface area (Å²) in [7, 11) is 0. The summed E-state index contributed by atoms with van der Waals surface area (Å²) in [5, 5.41) is 9.48. The lowest BCUT2D eigenvalue weighted by Gasteiger charge is -2.38. The SMILES string of the molecule is C=CCC1([C@@H]2O[C@H](COC(C)=O)C[C@H]2OC(C)=O)C=NC(=O)N=C1NO. The molecule has 0 aromatic rings. The Hall–Kier alpha value is -2.59. The van der Waals surface area contributed by atoms with Gasteiger partial charge >= 0.3 is 18.0 Å². The number of carbonyl (C=O) groups excluding carboxylic acids is 3. The van der Waals surface area contributed by atoms with E-state index in [1.54, 1.807) is 6.08 Å². The molecule has 0 saturated carbocycles. The number of aliphatic imine (C=N–C) groups is 2. The molecule has 4 atom stereocenters. The molecule has 0 spiro atoms. The Bertz CT molecular complexity index is 660. The maximum atomic E-state index is 11.5. The van der Waals surface area contributed by atoms with Gasteiger partial charge in [-0.25, -0.2) is 9.79 Å². The molecule has 0 bridgehead atoms. The van der Waals surface area contributed by atoms with Gasteiger partial charge in [-0.05, 0) is 6.42 Å². The first kappa shape index (κ1) is 19.7. The summed E-state index contributed by atoms with van der Waals surface area (Å²) in [6, 6.07) is -0.792. The molecule has 0 radical (unpaired) electrons. The van der Waals surface area contributed by atoms with Crippen molar-refractivity contribution in [2.24, 2.45) is 15.4 Å². The number of allylic oxidation sites excluding steroid dienone is 1. The summed E-state index contributed by atoms with van der Waals surface area (Å²) in [5.74, 6) is -1.08. The van der Waals surface area contributed by atoms with Gasteiger partial charge in [-0.3, -0.25) is 20.3 Å². The Labute approximate surface area is 149 Å². The van der Waals surface area contributed by atoms with Crippen LogP contribution in [0.4, 0.5) is 4.79 Å². The number of carbonyl (C=O) groups is 3. The zero-order chi connectivity index (χ0) is 19.3. The second-order valence-corrected chi connectivity index (χ2v) is 6.01. The highest BCUT2D eigenvalue weighted by Gasteiger charge is 2.54. The number of hydrogen-bond donors (Lipinski definition) is 2. The third-order valence-corrected chi connectivity index (χ3v) is 4.11.